The van der Waals surface area contributed by atoms with Crippen molar-refractivity contribution in [2.24, 2.45) is 5.92 Å². The minimum Gasteiger partial charge on any atom is -0.354 e. The molecule has 1 fully saturated rings. The molecule has 2 atom stereocenters. The van der Waals surface area contributed by atoms with Gasteiger partial charge in [-0.15, -0.1) is 0 Å². The van der Waals surface area contributed by atoms with Crippen molar-refractivity contribution in [3.8, 4) is 0 Å². The molecule has 2 heterocycles. The number of hydrogen-bond acceptors (Lipinski definition) is 3. The van der Waals surface area contributed by atoms with E-state index in [1.807, 2.05) is 6.20 Å². The molecule has 0 spiro atoms. The highest BCUT2D eigenvalue weighted by molar-refractivity contribution is 5.42. The third-order valence-electron chi connectivity index (χ3n) is 4.04. The van der Waals surface area contributed by atoms with Crippen LogP contribution >= 0.6 is 0 Å². The van der Waals surface area contributed by atoms with E-state index < -0.39 is 0 Å². The van der Waals surface area contributed by atoms with E-state index in [0.29, 0.717) is 6.04 Å². The number of aromatic nitrogens is 1. The summed E-state index contributed by atoms with van der Waals surface area (Å²) in [5, 5.41) is 3.54. The van der Waals surface area contributed by atoms with Crippen molar-refractivity contribution >= 4 is 5.82 Å². The van der Waals surface area contributed by atoms with Crippen LogP contribution < -0.4 is 10.2 Å². The van der Waals surface area contributed by atoms with Crippen LogP contribution in [0.15, 0.2) is 18.3 Å². The van der Waals surface area contributed by atoms with E-state index in [1.54, 1.807) is 0 Å². The molecule has 3 nitrogen and oxygen atoms in total. The molecule has 0 saturated carbocycles. The Morgan fingerprint density at radius 2 is 2.05 bits per heavy atom. The highest BCUT2D eigenvalue weighted by Gasteiger charge is 2.24. The van der Waals surface area contributed by atoms with E-state index in [4.69, 9.17) is 0 Å². The number of rotatable bonds is 3. The third kappa shape index (κ3) is 4.20. The average molecular weight is 275 g/mol. The van der Waals surface area contributed by atoms with E-state index in [-0.39, 0.29) is 5.54 Å². The van der Waals surface area contributed by atoms with Crippen molar-refractivity contribution in [1.82, 2.24) is 10.3 Å². The average Bonchev–Trinajstić information content (AvgIpc) is 2.39. The zero-order valence-corrected chi connectivity index (χ0v) is 13.6. The maximum Gasteiger partial charge on any atom is 0.129 e. The lowest BCUT2D eigenvalue weighted by Gasteiger charge is -2.37. The minimum absolute atomic E-state index is 0.149. The van der Waals surface area contributed by atoms with Crippen molar-refractivity contribution in [2.75, 3.05) is 11.4 Å². The summed E-state index contributed by atoms with van der Waals surface area (Å²) in [6, 6.07) is 4.96. The largest absolute Gasteiger partial charge is 0.354 e. The van der Waals surface area contributed by atoms with Gasteiger partial charge in [0.15, 0.2) is 0 Å². The van der Waals surface area contributed by atoms with Gasteiger partial charge in [-0.25, -0.2) is 4.98 Å². The zero-order chi connectivity index (χ0) is 14.8. The molecule has 1 aromatic rings. The lowest BCUT2D eigenvalue weighted by molar-refractivity contribution is 0.388. The van der Waals surface area contributed by atoms with Crippen molar-refractivity contribution in [1.29, 1.82) is 0 Å². The molecule has 1 aromatic heterocycles. The summed E-state index contributed by atoms with van der Waals surface area (Å²) in [4.78, 5) is 7.06. The fourth-order valence-electron chi connectivity index (χ4n) is 2.70. The fourth-order valence-corrected chi connectivity index (χ4v) is 2.70. The van der Waals surface area contributed by atoms with E-state index in [1.165, 1.54) is 18.4 Å². The zero-order valence-electron chi connectivity index (χ0n) is 13.6. The monoisotopic (exact) mass is 275 g/mol. The van der Waals surface area contributed by atoms with Crippen molar-refractivity contribution in [3.05, 3.63) is 23.9 Å². The molecular formula is C17H29N3. The predicted octanol–water partition coefficient (Wildman–Crippen LogP) is 3.59. The number of anilines is 1. The van der Waals surface area contributed by atoms with Crippen LogP contribution in [0.25, 0.3) is 0 Å². The molecule has 2 unspecified atom stereocenters. The molecule has 0 bridgehead atoms. The van der Waals surface area contributed by atoms with E-state index in [0.717, 1.165) is 24.8 Å². The molecule has 20 heavy (non-hydrogen) atoms. The first-order valence-electron chi connectivity index (χ1n) is 7.82. The molecule has 112 valence electrons. The summed E-state index contributed by atoms with van der Waals surface area (Å²) in [5.41, 5.74) is 1.46. The number of pyridine rings is 1. The van der Waals surface area contributed by atoms with Crippen LogP contribution in [0.4, 0.5) is 5.82 Å². The summed E-state index contributed by atoms with van der Waals surface area (Å²) < 4.78 is 0. The van der Waals surface area contributed by atoms with Gasteiger partial charge in [0.05, 0.1) is 0 Å². The van der Waals surface area contributed by atoms with E-state index >= 15 is 0 Å². The van der Waals surface area contributed by atoms with Gasteiger partial charge in [-0.1, -0.05) is 6.92 Å². The standard InChI is InChI=1S/C17H29N3/c1-13-6-7-14(2)20(12-13)16-10-15(8-9-18-16)11-19-17(3,4)5/h8-10,13-14,19H,6-7,11-12H2,1-5H3. The summed E-state index contributed by atoms with van der Waals surface area (Å²) >= 11 is 0. The van der Waals surface area contributed by atoms with Crippen LogP contribution in [0, 0.1) is 5.92 Å². The van der Waals surface area contributed by atoms with Gasteiger partial charge in [0, 0.05) is 30.9 Å². The topological polar surface area (TPSA) is 28.2 Å². The fraction of sp³-hybridized carbons (Fsp3) is 0.706. The molecule has 0 radical (unpaired) electrons. The number of piperidine rings is 1. The van der Waals surface area contributed by atoms with Gasteiger partial charge in [-0.05, 0) is 64.2 Å². The SMILES string of the molecule is CC1CCC(C)N(c2cc(CNC(C)(C)C)ccn2)C1. The Bertz CT molecular complexity index is 436. The van der Waals surface area contributed by atoms with Crippen LogP contribution in [0.1, 0.15) is 53.0 Å². The normalized spacial score (nSPS) is 23.9. The molecule has 0 amide bonds. The molecule has 1 aliphatic heterocycles. The number of nitrogens with zero attached hydrogens (tertiary/aromatic N) is 2. The second kappa shape index (κ2) is 6.13. The molecule has 1 saturated heterocycles. The van der Waals surface area contributed by atoms with Crippen molar-refractivity contribution < 1.29 is 0 Å². The Kier molecular flexibility index (Phi) is 4.69. The number of nitrogens with one attached hydrogen (secondary N) is 1. The summed E-state index contributed by atoms with van der Waals surface area (Å²) in [7, 11) is 0. The van der Waals surface area contributed by atoms with Gasteiger partial charge in [0.2, 0.25) is 0 Å². The first kappa shape index (κ1) is 15.3. The van der Waals surface area contributed by atoms with Crippen LogP contribution in [0.5, 0.6) is 0 Å². The Hall–Kier alpha value is -1.09. The molecular weight excluding hydrogens is 246 g/mol. The highest BCUT2D eigenvalue weighted by atomic mass is 15.2. The predicted molar refractivity (Wildman–Crippen MR) is 86.0 cm³/mol. The van der Waals surface area contributed by atoms with Gasteiger partial charge >= 0.3 is 0 Å². The smallest absolute Gasteiger partial charge is 0.129 e. The minimum atomic E-state index is 0.149. The van der Waals surface area contributed by atoms with Gasteiger partial charge in [0.25, 0.3) is 0 Å². The molecule has 0 aliphatic carbocycles. The first-order valence-corrected chi connectivity index (χ1v) is 7.82. The Labute approximate surface area is 123 Å². The van der Waals surface area contributed by atoms with Crippen LogP contribution in [0.3, 0.4) is 0 Å². The first-order chi connectivity index (χ1) is 9.35. The van der Waals surface area contributed by atoms with Gasteiger partial charge in [0.1, 0.15) is 5.82 Å². The maximum absolute atomic E-state index is 4.59. The van der Waals surface area contributed by atoms with Crippen LogP contribution in [0.2, 0.25) is 0 Å². The van der Waals surface area contributed by atoms with E-state index in [2.05, 4.69) is 62.0 Å². The maximum atomic E-state index is 4.59. The Morgan fingerprint density at radius 3 is 2.75 bits per heavy atom. The molecule has 1 N–H and O–H groups in total. The molecule has 0 aromatic carbocycles. The Morgan fingerprint density at radius 1 is 1.30 bits per heavy atom. The summed E-state index contributed by atoms with van der Waals surface area (Å²) in [6.45, 7) is 13.3. The molecule has 3 heteroatoms. The number of hydrogen-bond donors (Lipinski definition) is 1. The van der Waals surface area contributed by atoms with Gasteiger partial charge in [-0.2, -0.15) is 0 Å². The molecule has 2 rings (SSSR count). The lowest BCUT2D eigenvalue weighted by Crippen LogP contribution is -2.41. The lowest BCUT2D eigenvalue weighted by atomic mass is 9.95. The van der Waals surface area contributed by atoms with Crippen molar-refractivity contribution in [3.63, 3.8) is 0 Å². The van der Waals surface area contributed by atoms with E-state index in [9.17, 15) is 0 Å². The summed E-state index contributed by atoms with van der Waals surface area (Å²) in [5.74, 6) is 1.90. The highest BCUT2D eigenvalue weighted by Crippen LogP contribution is 2.26. The summed E-state index contributed by atoms with van der Waals surface area (Å²) in [6.07, 6.45) is 4.55. The van der Waals surface area contributed by atoms with Gasteiger partial charge < -0.3 is 10.2 Å². The quantitative estimate of drug-likeness (QED) is 0.913. The van der Waals surface area contributed by atoms with Crippen molar-refractivity contribution in [2.45, 2.75) is 65.6 Å². The Balaban J connectivity index is 2.08. The second-order valence-electron chi connectivity index (χ2n) is 7.31. The molecule has 1 aliphatic rings. The second-order valence-corrected chi connectivity index (χ2v) is 7.31. The van der Waals surface area contributed by atoms with Crippen LogP contribution in [-0.4, -0.2) is 23.1 Å². The third-order valence-corrected chi connectivity index (χ3v) is 4.04. The van der Waals surface area contributed by atoms with Crippen LogP contribution in [-0.2, 0) is 6.54 Å². The van der Waals surface area contributed by atoms with Gasteiger partial charge in [-0.3, -0.25) is 0 Å².